The third-order valence-electron chi connectivity index (χ3n) is 3.37. The normalized spacial score (nSPS) is 20.9. The highest BCUT2D eigenvalue weighted by Gasteiger charge is 2.23. The van der Waals surface area contributed by atoms with Crippen LogP contribution >= 0.6 is 0 Å². The predicted molar refractivity (Wildman–Crippen MR) is 63.8 cm³/mol. The lowest BCUT2D eigenvalue weighted by molar-refractivity contribution is -0.131. The molecule has 1 fully saturated rings. The first-order valence-corrected chi connectivity index (χ1v) is 6.55. The summed E-state index contributed by atoms with van der Waals surface area (Å²) >= 11 is 0. The van der Waals surface area contributed by atoms with Gasteiger partial charge < -0.3 is 4.90 Å². The van der Waals surface area contributed by atoms with Crippen LogP contribution in [0.3, 0.4) is 0 Å². The Morgan fingerprint density at radius 3 is 2.60 bits per heavy atom. The number of carbonyl (C=O) groups is 1. The summed E-state index contributed by atoms with van der Waals surface area (Å²) in [6, 6.07) is 0.494. The van der Waals surface area contributed by atoms with E-state index in [2.05, 4.69) is 18.7 Å². The summed E-state index contributed by atoms with van der Waals surface area (Å²) in [7, 11) is 0. The Bertz CT molecular complexity index is 191. The third kappa shape index (κ3) is 4.23. The van der Waals surface area contributed by atoms with Crippen LogP contribution in [0.5, 0.6) is 0 Å². The van der Waals surface area contributed by atoms with Crippen LogP contribution in [-0.4, -0.2) is 23.4 Å². The summed E-state index contributed by atoms with van der Waals surface area (Å²) in [5, 5.41) is 0. The molecule has 0 aliphatic carbocycles. The maximum atomic E-state index is 11.8. The quantitative estimate of drug-likeness (QED) is 0.617. The molecule has 1 heterocycles. The molecule has 1 atom stereocenters. The molecule has 2 heteroatoms. The van der Waals surface area contributed by atoms with E-state index in [0.717, 1.165) is 19.4 Å². The van der Waals surface area contributed by atoms with Gasteiger partial charge in [-0.25, -0.2) is 0 Å². The van der Waals surface area contributed by atoms with E-state index in [1.54, 1.807) is 0 Å². The fourth-order valence-electron chi connectivity index (χ4n) is 2.33. The number of hydrogen-bond donors (Lipinski definition) is 0. The van der Waals surface area contributed by atoms with E-state index in [1.807, 2.05) is 0 Å². The molecule has 15 heavy (non-hydrogen) atoms. The van der Waals surface area contributed by atoms with Gasteiger partial charge in [-0.15, -0.1) is 0 Å². The van der Waals surface area contributed by atoms with Gasteiger partial charge in [-0.2, -0.15) is 0 Å². The lowest BCUT2D eigenvalue weighted by atomic mass is 10.1. The molecule has 88 valence electrons. The number of amides is 1. The van der Waals surface area contributed by atoms with Crippen LogP contribution in [0.15, 0.2) is 0 Å². The number of hydrogen-bond acceptors (Lipinski definition) is 1. The van der Waals surface area contributed by atoms with Crippen LogP contribution in [0.1, 0.15) is 65.2 Å². The zero-order valence-corrected chi connectivity index (χ0v) is 10.3. The van der Waals surface area contributed by atoms with Gasteiger partial charge in [0.05, 0.1) is 0 Å². The fraction of sp³-hybridized carbons (Fsp3) is 0.923. The molecule has 0 radical (unpaired) electrons. The summed E-state index contributed by atoms with van der Waals surface area (Å²) in [6.07, 6.45) is 9.35. The molecule has 1 aliphatic heterocycles. The molecule has 1 amide bonds. The monoisotopic (exact) mass is 211 g/mol. The van der Waals surface area contributed by atoms with Gasteiger partial charge >= 0.3 is 0 Å². The Balaban J connectivity index is 2.08. The van der Waals surface area contributed by atoms with Crippen LogP contribution in [0.4, 0.5) is 0 Å². The van der Waals surface area contributed by atoms with Crippen molar-refractivity contribution in [2.45, 2.75) is 71.3 Å². The minimum Gasteiger partial charge on any atom is -0.340 e. The molecule has 0 spiro atoms. The molecular weight excluding hydrogens is 186 g/mol. The minimum atomic E-state index is 0.386. The highest BCUT2D eigenvalue weighted by atomic mass is 16.2. The van der Waals surface area contributed by atoms with E-state index in [9.17, 15) is 4.79 Å². The second kappa shape index (κ2) is 6.86. The van der Waals surface area contributed by atoms with Gasteiger partial charge in [0.1, 0.15) is 0 Å². The van der Waals surface area contributed by atoms with Crippen molar-refractivity contribution in [3.05, 3.63) is 0 Å². The SMILES string of the molecule is CCCCCCCC(=O)N1CCCC1C. The molecule has 0 aromatic carbocycles. The summed E-state index contributed by atoms with van der Waals surface area (Å²) in [6.45, 7) is 5.38. The Morgan fingerprint density at radius 2 is 2.00 bits per heavy atom. The largest absolute Gasteiger partial charge is 0.340 e. The molecule has 0 saturated carbocycles. The lowest BCUT2D eigenvalue weighted by Gasteiger charge is -2.21. The Labute approximate surface area is 94.0 Å². The lowest BCUT2D eigenvalue weighted by Crippen LogP contribution is -2.33. The van der Waals surface area contributed by atoms with Crippen molar-refractivity contribution >= 4 is 5.91 Å². The number of rotatable bonds is 6. The Morgan fingerprint density at radius 1 is 1.27 bits per heavy atom. The van der Waals surface area contributed by atoms with Crippen LogP contribution in [-0.2, 0) is 4.79 Å². The standard InChI is InChI=1S/C13H25NO/c1-3-4-5-6-7-10-13(15)14-11-8-9-12(14)2/h12H,3-11H2,1-2H3. The van der Waals surface area contributed by atoms with Gasteiger partial charge in [-0.3, -0.25) is 4.79 Å². The summed E-state index contributed by atoms with van der Waals surface area (Å²) in [5.41, 5.74) is 0. The van der Waals surface area contributed by atoms with Crippen molar-refractivity contribution in [1.29, 1.82) is 0 Å². The highest BCUT2D eigenvalue weighted by molar-refractivity contribution is 5.76. The number of likely N-dealkylation sites (tertiary alicyclic amines) is 1. The number of carbonyl (C=O) groups excluding carboxylic acids is 1. The maximum absolute atomic E-state index is 11.8. The molecule has 1 saturated heterocycles. The van der Waals surface area contributed by atoms with E-state index < -0.39 is 0 Å². The van der Waals surface area contributed by atoms with Crippen molar-refractivity contribution < 1.29 is 4.79 Å². The van der Waals surface area contributed by atoms with Crippen LogP contribution < -0.4 is 0 Å². The molecule has 1 rings (SSSR count). The summed E-state index contributed by atoms with van der Waals surface area (Å²) in [5.74, 6) is 0.386. The van der Waals surface area contributed by atoms with Gasteiger partial charge in [0.2, 0.25) is 5.91 Å². The topological polar surface area (TPSA) is 20.3 Å². The zero-order valence-electron chi connectivity index (χ0n) is 10.3. The van der Waals surface area contributed by atoms with Crippen LogP contribution in [0.2, 0.25) is 0 Å². The molecule has 0 aromatic heterocycles. The van der Waals surface area contributed by atoms with Crippen molar-refractivity contribution in [3.63, 3.8) is 0 Å². The van der Waals surface area contributed by atoms with Crippen molar-refractivity contribution in [3.8, 4) is 0 Å². The minimum absolute atomic E-state index is 0.386. The van der Waals surface area contributed by atoms with Crippen molar-refractivity contribution in [2.75, 3.05) is 6.54 Å². The number of unbranched alkanes of at least 4 members (excludes halogenated alkanes) is 4. The van der Waals surface area contributed by atoms with E-state index in [4.69, 9.17) is 0 Å². The van der Waals surface area contributed by atoms with Gasteiger partial charge in [-0.1, -0.05) is 32.6 Å². The Kier molecular flexibility index (Phi) is 5.74. The summed E-state index contributed by atoms with van der Waals surface area (Å²) < 4.78 is 0. The molecule has 0 aromatic rings. The molecule has 2 nitrogen and oxygen atoms in total. The molecule has 0 bridgehead atoms. The average molecular weight is 211 g/mol. The smallest absolute Gasteiger partial charge is 0.222 e. The first kappa shape index (κ1) is 12.5. The first-order chi connectivity index (χ1) is 7.25. The van der Waals surface area contributed by atoms with Crippen molar-refractivity contribution in [2.24, 2.45) is 0 Å². The fourth-order valence-corrected chi connectivity index (χ4v) is 2.33. The predicted octanol–water partition coefficient (Wildman–Crippen LogP) is 3.36. The maximum Gasteiger partial charge on any atom is 0.222 e. The second-order valence-electron chi connectivity index (χ2n) is 4.74. The molecule has 1 aliphatic rings. The summed E-state index contributed by atoms with van der Waals surface area (Å²) in [4.78, 5) is 13.9. The van der Waals surface area contributed by atoms with E-state index in [0.29, 0.717) is 11.9 Å². The van der Waals surface area contributed by atoms with Crippen LogP contribution in [0, 0.1) is 0 Å². The Hall–Kier alpha value is -0.530. The van der Waals surface area contributed by atoms with Gasteiger partial charge in [0.15, 0.2) is 0 Å². The van der Waals surface area contributed by atoms with Gasteiger partial charge in [0, 0.05) is 19.0 Å². The van der Waals surface area contributed by atoms with E-state index in [1.165, 1.54) is 38.5 Å². The van der Waals surface area contributed by atoms with Gasteiger partial charge in [0.25, 0.3) is 0 Å². The molecule has 0 N–H and O–H groups in total. The highest BCUT2D eigenvalue weighted by Crippen LogP contribution is 2.18. The second-order valence-corrected chi connectivity index (χ2v) is 4.74. The molecule has 1 unspecified atom stereocenters. The number of nitrogens with zero attached hydrogens (tertiary/aromatic N) is 1. The van der Waals surface area contributed by atoms with E-state index >= 15 is 0 Å². The van der Waals surface area contributed by atoms with Crippen molar-refractivity contribution in [1.82, 2.24) is 4.90 Å². The van der Waals surface area contributed by atoms with Gasteiger partial charge in [-0.05, 0) is 26.2 Å². The van der Waals surface area contributed by atoms with E-state index in [-0.39, 0.29) is 0 Å². The first-order valence-electron chi connectivity index (χ1n) is 6.55. The van der Waals surface area contributed by atoms with Crippen LogP contribution in [0.25, 0.3) is 0 Å². The third-order valence-corrected chi connectivity index (χ3v) is 3.37. The zero-order chi connectivity index (χ0) is 11.1. The molecular formula is C13H25NO. The average Bonchev–Trinajstić information content (AvgIpc) is 2.64.